The molecule has 41 heavy (non-hydrogen) atoms. The van der Waals surface area contributed by atoms with Gasteiger partial charge >= 0.3 is 23.5 Å². The molecule has 224 valence electrons. The molecule has 0 spiro atoms. The van der Waals surface area contributed by atoms with E-state index in [9.17, 15) is 44.4 Å². The predicted molar refractivity (Wildman–Crippen MR) is 145 cm³/mol. The molecule has 2 heterocycles. The Balaban J connectivity index is 1.67. The number of carboxylic acid groups (broad SMARTS) is 3. The Labute approximate surface area is 235 Å². The second-order valence-corrected chi connectivity index (χ2v) is 9.78. The van der Waals surface area contributed by atoms with Gasteiger partial charge in [0.25, 0.3) is 5.91 Å². The van der Waals surface area contributed by atoms with Crippen LogP contribution in [0.3, 0.4) is 0 Å². The molecule has 3 rings (SSSR count). The first kappa shape index (κ1) is 31.5. The largest absolute Gasteiger partial charge is 0.508 e. The van der Waals surface area contributed by atoms with Gasteiger partial charge in [-0.25, -0.2) is 4.79 Å². The molecule has 1 aromatic heterocycles. The van der Waals surface area contributed by atoms with Gasteiger partial charge in [-0.15, -0.1) is 0 Å². The smallest absolute Gasteiger partial charge is 0.349 e. The van der Waals surface area contributed by atoms with Crippen molar-refractivity contribution in [3.05, 3.63) is 40.2 Å². The molecule has 0 saturated carbocycles. The highest BCUT2D eigenvalue weighted by Gasteiger charge is 2.20. The Morgan fingerprint density at radius 2 is 1.20 bits per heavy atom. The van der Waals surface area contributed by atoms with Crippen molar-refractivity contribution in [3.63, 3.8) is 0 Å². The molecule has 1 saturated heterocycles. The molecule has 15 heteroatoms. The Hall–Kier alpha value is -4.05. The fourth-order valence-electron chi connectivity index (χ4n) is 4.53. The SMILES string of the molecule is O=C(O)CN1CCN(CCNC(=O)c2cc3ccc(O)cc3oc2=O)CCN(CC(=O)O)CCN(CC(=O)O)CC1. The van der Waals surface area contributed by atoms with Gasteiger partial charge in [0.1, 0.15) is 16.9 Å². The summed E-state index contributed by atoms with van der Waals surface area (Å²) in [7, 11) is 0. The maximum absolute atomic E-state index is 12.7. The molecule has 1 amide bonds. The minimum absolute atomic E-state index is 0.0784. The lowest BCUT2D eigenvalue weighted by Crippen LogP contribution is -2.49. The Kier molecular flexibility index (Phi) is 11.6. The zero-order valence-electron chi connectivity index (χ0n) is 22.5. The first-order chi connectivity index (χ1) is 19.5. The summed E-state index contributed by atoms with van der Waals surface area (Å²) in [5.74, 6) is -3.77. The zero-order chi connectivity index (χ0) is 29.9. The van der Waals surface area contributed by atoms with Crippen LogP contribution in [0.2, 0.25) is 0 Å². The molecule has 0 aliphatic carbocycles. The van der Waals surface area contributed by atoms with E-state index in [1.165, 1.54) is 24.3 Å². The van der Waals surface area contributed by atoms with Gasteiger partial charge < -0.3 is 30.2 Å². The van der Waals surface area contributed by atoms with Gasteiger partial charge in [0.05, 0.1) is 19.6 Å². The highest BCUT2D eigenvalue weighted by atomic mass is 16.4. The summed E-state index contributed by atoms with van der Waals surface area (Å²) in [5, 5.41) is 40.7. The molecule has 15 nitrogen and oxygen atoms in total. The Morgan fingerprint density at radius 1 is 0.732 bits per heavy atom. The van der Waals surface area contributed by atoms with Crippen molar-refractivity contribution < 1.29 is 44.0 Å². The zero-order valence-corrected chi connectivity index (χ0v) is 22.5. The van der Waals surface area contributed by atoms with E-state index in [1.807, 2.05) is 4.90 Å². The van der Waals surface area contributed by atoms with Crippen molar-refractivity contribution in [2.45, 2.75) is 0 Å². The number of amides is 1. The third kappa shape index (κ3) is 10.5. The number of rotatable bonds is 10. The lowest BCUT2D eigenvalue weighted by molar-refractivity contribution is -0.140. The molecular formula is C26H35N5O10. The van der Waals surface area contributed by atoms with Crippen LogP contribution < -0.4 is 10.9 Å². The summed E-state index contributed by atoms with van der Waals surface area (Å²) < 4.78 is 5.16. The number of nitrogens with one attached hydrogen (secondary N) is 1. The van der Waals surface area contributed by atoms with Crippen LogP contribution in [-0.2, 0) is 14.4 Å². The van der Waals surface area contributed by atoms with Gasteiger partial charge in [-0.1, -0.05) is 0 Å². The maximum atomic E-state index is 12.7. The summed E-state index contributed by atoms with van der Waals surface area (Å²) in [6.45, 7) is 2.50. The maximum Gasteiger partial charge on any atom is 0.349 e. The van der Waals surface area contributed by atoms with Crippen LogP contribution in [0.1, 0.15) is 10.4 Å². The van der Waals surface area contributed by atoms with E-state index < -0.39 is 29.4 Å². The van der Waals surface area contributed by atoms with Crippen molar-refractivity contribution in [2.75, 3.05) is 85.1 Å². The number of fused-ring (bicyclic) bond motifs is 1. The van der Waals surface area contributed by atoms with E-state index in [0.29, 0.717) is 64.3 Å². The van der Waals surface area contributed by atoms with Crippen molar-refractivity contribution in [3.8, 4) is 5.75 Å². The fraction of sp³-hybridized carbons (Fsp3) is 0.500. The highest BCUT2D eigenvalue weighted by Crippen LogP contribution is 2.19. The number of carbonyl (C=O) groups excluding carboxylic acids is 1. The van der Waals surface area contributed by atoms with Gasteiger partial charge in [0.15, 0.2) is 0 Å². The first-order valence-electron chi connectivity index (χ1n) is 13.1. The molecule has 0 atom stereocenters. The first-order valence-corrected chi connectivity index (χ1v) is 13.1. The number of phenols is 1. The lowest BCUT2D eigenvalue weighted by Gasteiger charge is -2.33. The molecule has 5 N–H and O–H groups in total. The molecule has 0 unspecified atom stereocenters. The standard InChI is InChI=1S/C26H35N5O10/c32-19-2-1-18-13-20(26(40)41-21(18)14-19)25(39)27-3-4-28-5-7-29(15-22(33)34)9-11-31(17-24(37)38)12-10-30(8-6-28)16-23(35)36/h1-2,13-14,32H,3-12,15-17H2,(H,27,39)(H,33,34)(H,35,36)(H,37,38). The number of aliphatic carboxylic acids is 3. The fourth-order valence-corrected chi connectivity index (χ4v) is 4.53. The van der Waals surface area contributed by atoms with Crippen LogP contribution >= 0.6 is 0 Å². The molecule has 1 aliphatic rings. The summed E-state index contributed by atoms with van der Waals surface area (Å²) in [4.78, 5) is 66.3. The Bertz CT molecular complexity index is 1270. The van der Waals surface area contributed by atoms with Gasteiger partial charge in [0.2, 0.25) is 0 Å². The summed E-state index contributed by atoms with van der Waals surface area (Å²) in [5.41, 5.74) is -0.894. The predicted octanol–water partition coefficient (Wildman–Crippen LogP) is -1.30. The molecule has 1 fully saturated rings. The van der Waals surface area contributed by atoms with Crippen LogP contribution in [0.5, 0.6) is 5.75 Å². The van der Waals surface area contributed by atoms with Gasteiger partial charge in [-0.3, -0.25) is 38.8 Å². The molecule has 0 bridgehead atoms. The van der Waals surface area contributed by atoms with E-state index in [0.717, 1.165) is 0 Å². The van der Waals surface area contributed by atoms with Crippen molar-refractivity contribution in [1.29, 1.82) is 0 Å². The van der Waals surface area contributed by atoms with E-state index in [4.69, 9.17) is 4.42 Å². The van der Waals surface area contributed by atoms with E-state index in [2.05, 4.69) is 5.32 Å². The number of phenolic OH excluding ortho intramolecular Hbond substituents is 1. The van der Waals surface area contributed by atoms with Crippen LogP contribution in [-0.4, -0.2) is 149 Å². The minimum atomic E-state index is -1.03. The Morgan fingerprint density at radius 3 is 1.66 bits per heavy atom. The summed E-state index contributed by atoms with van der Waals surface area (Å²) in [6.07, 6.45) is 0. The topological polar surface area (TPSA) is 204 Å². The molecule has 2 aromatic rings. The number of carbonyl (C=O) groups is 4. The van der Waals surface area contributed by atoms with E-state index >= 15 is 0 Å². The quantitative estimate of drug-likeness (QED) is 0.208. The van der Waals surface area contributed by atoms with Crippen molar-refractivity contribution in [2.24, 2.45) is 0 Å². The van der Waals surface area contributed by atoms with E-state index in [-0.39, 0.29) is 43.1 Å². The normalized spacial score (nSPS) is 17.0. The third-order valence-electron chi connectivity index (χ3n) is 6.68. The average Bonchev–Trinajstić information content (AvgIpc) is 2.88. The molecule has 0 radical (unpaired) electrons. The molecule has 1 aliphatic heterocycles. The number of benzene rings is 1. The molecular weight excluding hydrogens is 542 g/mol. The summed E-state index contributed by atoms with van der Waals surface area (Å²) in [6, 6.07) is 5.59. The van der Waals surface area contributed by atoms with Crippen LogP contribution in [0.15, 0.2) is 33.5 Å². The number of carboxylic acids is 3. The van der Waals surface area contributed by atoms with Gasteiger partial charge in [-0.05, 0) is 18.2 Å². The second kappa shape index (κ2) is 15.1. The average molecular weight is 578 g/mol. The van der Waals surface area contributed by atoms with Crippen LogP contribution in [0, 0.1) is 0 Å². The van der Waals surface area contributed by atoms with Crippen LogP contribution in [0.4, 0.5) is 0 Å². The lowest BCUT2D eigenvalue weighted by atomic mass is 10.1. The number of aromatic hydroxyl groups is 1. The van der Waals surface area contributed by atoms with Crippen molar-refractivity contribution in [1.82, 2.24) is 24.9 Å². The minimum Gasteiger partial charge on any atom is -0.508 e. The van der Waals surface area contributed by atoms with Gasteiger partial charge in [-0.2, -0.15) is 0 Å². The molecule has 1 aromatic carbocycles. The number of hydrogen-bond donors (Lipinski definition) is 5. The van der Waals surface area contributed by atoms with E-state index in [1.54, 1.807) is 14.7 Å². The monoisotopic (exact) mass is 577 g/mol. The second-order valence-electron chi connectivity index (χ2n) is 9.78. The van der Waals surface area contributed by atoms with Crippen LogP contribution in [0.25, 0.3) is 11.0 Å². The number of hydrogen-bond acceptors (Lipinski definition) is 11. The third-order valence-corrected chi connectivity index (χ3v) is 6.68. The summed E-state index contributed by atoms with van der Waals surface area (Å²) >= 11 is 0. The highest BCUT2D eigenvalue weighted by molar-refractivity contribution is 5.96. The number of nitrogens with zero attached hydrogens (tertiary/aromatic N) is 4. The van der Waals surface area contributed by atoms with Crippen molar-refractivity contribution >= 4 is 34.8 Å². The van der Waals surface area contributed by atoms with Gasteiger partial charge in [0, 0.05) is 76.9 Å².